The number of fused-ring (bicyclic) bond motifs is 5. The van der Waals surface area contributed by atoms with Crippen molar-refractivity contribution in [3.63, 3.8) is 0 Å². The van der Waals surface area contributed by atoms with Crippen molar-refractivity contribution in [2.24, 2.45) is 0 Å². The average Bonchev–Trinajstić information content (AvgIpc) is 3.49. The Hall–Kier alpha value is -5.25. The molecule has 2 aliphatic rings. The molecule has 14 nitrogen and oxygen atoms in total. The minimum atomic E-state index is -1.95. The van der Waals surface area contributed by atoms with Gasteiger partial charge < -0.3 is 34.0 Å². The van der Waals surface area contributed by atoms with Crippen LogP contribution in [0.5, 0.6) is 0 Å². The summed E-state index contributed by atoms with van der Waals surface area (Å²) >= 11 is -1.18. The number of aromatic nitrogens is 2. The lowest BCUT2D eigenvalue weighted by Crippen LogP contribution is -2.47. The molecular formula is C37H39N5O9S. The summed E-state index contributed by atoms with van der Waals surface area (Å²) in [6.07, 6.45) is 1.48. The number of pyridine rings is 2. The van der Waals surface area contributed by atoms with Crippen LogP contribution in [0.3, 0.4) is 0 Å². The molecule has 4 aromatic rings. The summed E-state index contributed by atoms with van der Waals surface area (Å²) in [5.74, 6) is -1.23. The molecule has 1 unspecified atom stereocenters. The number of nitrogens with one attached hydrogen (secondary N) is 2. The molecule has 0 radical (unpaired) electrons. The smallest absolute Gasteiger partial charge is 0.510 e. The van der Waals surface area contributed by atoms with Crippen LogP contribution < -0.4 is 16.2 Å². The fraction of sp³-hybridized carbons (Fsp3) is 0.351. The highest BCUT2D eigenvalue weighted by atomic mass is 32.2. The zero-order valence-electron chi connectivity index (χ0n) is 29.2. The number of benzene rings is 2. The van der Waals surface area contributed by atoms with Crippen LogP contribution in [0.1, 0.15) is 55.0 Å². The number of ether oxygens (including phenoxy) is 3. The van der Waals surface area contributed by atoms with Gasteiger partial charge in [-0.25, -0.2) is 14.6 Å². The summed E-state index contributed by atoms with van der Waals surface area (Å²) in [7, 11) is 0. The number of anilines is 1. The maximum absolute atomic E-state index is 14.2. The Bertz CT molecular complexity index is 2090. The van der Waals surface area contributed by atoms with Gasteiger partial charge in [-0.1, -0.05) is 37.3 Å². The van der Waals surface area contributed by atoms with Gasteiger partial charge in [-0.2, -0.15) is 0 Å². The lowest BCUT2D eigenvalue weighted by atomic mass is 9.85. The Kier molecular flexibility index (Phi) is 10.6. The molecule has 0 bridgehead atoms. The number of esters is 1. The second kappa shape index (κ2) is 15.2. The van der Waals surface area contributed by atoms with E-state index >= 15 is 0 Å². The van der Waals surface area contributed by atoms with Crippen molar-refractivity contribution in [2.45, 2.75) is 65.0 Å². The van der Waals surface area contributed by atoms with E-state index < -0.39 is 35.0 Å². The second-order valence-electron chi connectivity index (χ2n) is 12.8. The van der Waals surface area contributed by atoms with Gasteiger partial charge in [-0.15, -0.1) is 4.31 Å². The van der Waals surface area contributed by atoms with E-state index in [0.717, 1.165) is 22.0 Å². The van der Waals surface area contributed by atoms with Crippen LogP contribution >= 0.6 is 0 Å². The third-order valence-corrected chi connectivity index (χ3v) is 10.6. The minimum absolute atomic E-state index is 0.0351. The largest absolute Gasteiger partial charge is 0.598 e. The van der Waals surface area contributed by atoms with E-state index in [1.54, 1.807) is 48.1 Å². The highest BCUT2D eigenvalue weighted by Gasteiger charge is 2.51. The quantitative estimate of drug-likeness (QED) is 0.103. The molecule has 2 N–H and O–H groups in total. The highest BCUT2D eigenvalue weighted by molar-refractivity contribution is 7.88. The zero-order chi connectivity index (χ0) is 37.2. The number of carbonyl (C=O) groups is 4. The molecule has 2 aliphatic heterocycles. The molecule has 2 aromatic carbocycles. The molecule has 2 amide bonds. The first-order valence-corrected chi connectivity index (χ1v) is 18.4. The Labute approximate surface area is 302 Å². The molecular weight excluding hydrogens is 691 g/mol. The maximum atomic E-state index is 14.2. The molecule has 272 valence electrons. The van der Waals surface area contributed by atoms with Crippen LogP contribution in [-0.4, -0.2) is 68.2 Å². The van der Waals surface area contributed by atoms with Gasteiger partial charge in [0.1, 0.15) is 19.5 Å². The van der Waals surface area contributed by atoms with Crippen molar-refractivity contribution >= 4 is 52.4 Å². The van der Waals surface area contributed by atoms with E-state index in [0.29, 0.717) is 42.0 Å². The van der Waals surface area contributed by atoms with Gasteiger partial charge in [0.2, 0.25) is 17.9 Å². The average molecular weight is 730 g/mol. The van der Waals surface area contributed by atoms with E-state index in [1.165, 1.54) is 0 Å². The van der Waals surface area contributed by atoms with Gasteiger partial charge in [0.05, 0.1) is 35.6 Å². The lowest BCUT2D eigenvalue weighted by Gasteiger charge is -2.35. The third-order valence-electron chi connectivity index (χ3n) is 9.37. The van der Waals surface area contributed by atoms with Crippen molar-refractivity contribution in [2.75, 3.05) is 24.7 Å². The van der Waals surface area contributed by atoms with Crippen LogP contribution in [0, 0.1) is 0 Å². The molecule has 0 aliphatic carbocycles. The normalized spacial score (nSPS) is 16.5. The Morgan fingerprint density at radius 3 is 2.60 bits per heavy atom. The molecule has 0 spiro atoms. The topological polar surface area (TPSA) is 181 Å². The third kappa shape index (κ3) is 6.98. The van der Waals surface area contributed by atoms with Crippen molar-refractivity contribution < 1.29 is 37.9 Å². The monoisotopic (exact) mass is 729 g/mol. The van der Waals surface area contributed by atoms with Gasteiger partial charge in [-0.3, -0.25) is 14.4 Å². The molecule has 2 atom stereocenters. The van der Waals surface area contributed by atoms with E-state index in [9.17, 15) is 28.5 Å². The molecule has 0 fully saturated rings. The SMILES string of the molecule is CC[C@@]1(OC(=O)OCc2ccc(NC(=O)CNC=O)cc2)C(=O)OCc2c1cc1n(c2=O)Cc2c-1nc1ccccc1c2CCN(C(C)C)[S+](C)[O-]. The van der Waals surface area contributed by atoms with Gasteiger partial charge in [-0.05, 0) is 62.1 Å². The maximum Gasteiger partial charge on any atom is 0.510 e. The van der Waals surface area contributed by atoms with Crippen molar-refractivity contribution in [1.82, 2.24) is 19.2 Å². The van der Waals surface area contributed by atoms with Crippen molar-refractivity contribution in [1.29, 1.82) is 0 Å². The number of carbonyl (C=O) groups excluding carboxylic acids is 4. The van der Waals surface area contributed by atoms with E-state index in [4.69, 9.17) is 19.2 Å². The Balaban J connectivity index is 1.29. The standard InChI is InChI=1S/C37H39N5O9S/c1-5-37(51-36(47)50-19-23-10-12-24(13-11-23)39-32(44)17-38-21-43)29-16-31-33-27(18-41(31)34(45)28(29)20-49-35(37)46)25(14-15-42(22(2)3)52(4)48)26-8-6-7-9-30(26)40-33/h6-13,16,21-22H,5,14-15,17-20H2,1-4H3,(H,38,43)(H,39,44)/t37-,52?/m0/s1. The number of hydrogen-bond acceptors (Lipinski definition) is 11. The summed E-state index contributed by atoms with van der Waals surface area (Å²) in [6, 6.07) is 15.9. The molecule has 0 saturated heterocycles. The molecule has 15 heteroatoms. The molecule has 2 aromatic heterocycles. The fourth-order valence-electron chi connectivity index (χ4n) is 6.80. The van der Waals surface area contributed by atoms with Crippen LogP contribution in [0.4, 0.5) is 10.5 Å². The van der Waals surface area contributed by atoms with Crippen molar-refractivity contribution in [3.05, 3.63) is 92.8 Å². The van der Waals surface area contributed by atoms with Crippen LogP contribution in [0.2, 0.25) is 0 Å². The predicted octanol–water partition coefficient (Wildman–Crippen LogP) is 3.67. The van der Waals surface area contributed by atoms with E-state index in [-0.39, 0.29) is 55.5 Å². The van der Waals surface area contributed by atoms with Gasteiger partial charge in [0, 0.05) is 46.1 Å². The van der Waals surface area contributed by atoms with E-state index in [2.05, 4.69) is 10.6 Å². The minimum Gasteiger partial charge on any atom is -0.598 e. The molecule has 6 rings (SSSR count). The van der Waals surface area contributed by atoms with E-state index in [1.807, 2.05) is 42.4 Å². The number of amides is 2. The summed E-state index contributed by atoms with van der Waals surface area (Å²) < 4.78 is 32.7. The molecule has 52 heavy (non-hydrogen) atoms. The number of hydrogen-bond donors (Lipinski definition) is 2. The zero-order valence-corrected chi connectivity index (χ0v) is 30.0. The lowest BCUT2D eigenvalue weighted by molar-refractivity contribution is -0.175. The first-order valence-electron chi connectivity index (χ1n) is 16.8. The summed E-state index contributed by atoms with van der Waals surface area (Å²) in [5.41, 5.74) is 2.81. The van der Waals surface area contributed by atoms with Gasteiger partial charge in [0.25, 0.3) is 5.56 Å². The van der Waals surface area contributed by atoms with Crippen LogP contribution in [0.25, 0.3) is 22.3 Å². The second-order valence-corrected chi connectivity index (χ2v) is 14.1. The summed E-state index contributed by atoms with van der Waals surface area (Å²) in [6.45, 7) is 5.75. The Morgan fingerprint density at radius 1 is 1.15 bits per heavy atom. The summed E-state index contributed by atoms with van der Waals surface area (Å²) in [5, 5.41) is 5.84. The van der Waals surface area contributed by atoms with Crippen LogP contribution in [0.15, 0.2) is 59.4 Å². The van der Waals surface area contributed by atoms with Crippen LogP contribution in [-0.2, 0) is 71.7 Å². The van der Waals surface area contributed by atoms with Crippen molar-refractivity contribution in [3.8, 4) is 11.4 Å². The van der Waals surface area contributed by atoms with Gasteiger partial charge in [0.15, 0.2) is 0 Å². The molecule has 0 saturated carbocycles. The molecule has 4 heterocycles. The number of nitrogens with zero attached hydrogens (tertiary/aromatic N) is 3. The number of para-hydroxylation sites is 1. The number of cyclic esters (lactones) is 1. The fourth-order valence-corrected chi connectivity index (χ4v) is 7.74. The first-order chi connectivity index (χ1) is 25.0. The van der Waals surface area contributed by atoms with Gasteiger partial charge >= 0.3 is 12.1 Å². The summed E-state index contributed by atoms with van der Waals surface area (Å²) in [4.78, 5) is 68.0. The highest BCUT2D eigenvalue weighted by Crippen LogP contribution is 2.42. The first kappa shape index (κ1) is 36.5. The predicted molar refractivity (Wildman–Crippen MR) is 192 cm³/mol. The number of rotatable bonds is 13. The Morgan fingerprint density at radius 2 is 1.90 bits per heavy atom.